The van der Waals surface area contributed by atoms with Gasteiger partial charge in [-0.2, -0.15) is 0 Å². The number of rotatable bonds is 17. The van der Waals surface area contributed by atoms with Crippen molar-refractivity contribution in [2.75, 3.05) is 33.0 Å². The van der Waals surface area contributed by atoms with E-state index < -0.39 is 31.6 Å². The third-order valence-electron chi connectivity index (χ3n) is 2.51. The maximum atomic E-state index is 6.00. The molecule has 0 saturated heterocycles. The third-order valence-corrected chi connectivity index (χ3v) is 19.0. The van der Waals surface area contributed by atoms with Gasteiger partial charge in [0, 0.05) is 26.4 Å². The van der Waals surface area contributed by atoms with E-state index in [4.69, 9.17) is 39.5 Å². The highest BCUT2D eigenvalue weighted by Crippen LogP contribution is 2.32. The molecule has 0 radical (unpaired) electrons. The molecule has 0 bridgehead atoms. The normalized spacial score (nSPS) is 20.8. The average Bonchev–Trinajstić information content (AvgIpc) is 2.51. The molecule has 0 aromatic carbocycles. The fourth-order valence-corrected chi connectivity index (χ4v) is 21.5. The lowest BCUT2D eigenvalue weighted by Crippen LogP contribution is -2.61. The van der Waals surface area contributed by atoms with Crippen LogP contribution in [0.2, 0.25) is 6.55 Å². The van der Waals surface area contributed by atoms with Gasteiger partial charge in [0.25, 0.3) is 0 Å². The Morgan fingerprint density at radius 3 is 1.36 bits per heavy atom. The van der Waals surface area contributed by atoms with E-state index in [0.717, 1.165) is 0 Å². The Labute approximate surface area is 192 Å². The largest absolute Gasteiger partial charge is 0.591 e. The zero-order chi connectivity index (χ0) is 21.9. The first-order chi connectivity index (χ1) is 12.9. The summed E-state index contributed by atoms with van der Waals surface area (Å²) < 4.78 is 45.5. The topological polar surface area (TPSA) is 83.1 Å². The Morgan fingerprint density at radius 1 is 0.536 bits per heavy atom. The van der Waals surface area contributed by atoms with Crippen LogP contribution in [0.25, 0.3) is 0 Å². The molecule has 0 aromatic heterocycles. The summed E-state index contributed by atoms with van der Waals surface area (Å²) in [5.41, 5.74) is 0. The molecule has 4 atom stereocenters. The Bertz CT molecular complexity index is 447. The van der Waals surface area contributed by atoms with E-state index in [2.05, 4.69) is 48.3 Å². The lowest BCUT2D eigenvalue weighted by molar-refractivity contribution is -0.236. The van der Waals surface area contributed by atoms with Gasteiger partial charge in [0.2, 0.25) is 0 Å². The van der Waals surface area contributed by atoms with Crippen molar-refractivity contribution < 1.29 is 39.5 Å². The van der Waals surface area contributed by atoms with Crippen molar-refractivity contribution in [2.24, 2.45) is 0 Å². The molecule has 4 unspecified atom stereocenters. The van der Waals surface area contributed by atoms with Gasteiger partial charge in [0.05, 0.1) is 6.61 Å². The molecule has 17 heteroatoms. The summed E-state index contributed by atoms with van der Waals surface area (Å²) in [6, 6.07) is 0. The van der Waals surface area contributed by atoms with E-state index in [9.17, 15) is 0 Å². The molecule has 0 aliphatic heterocycles. The highest BCUT2D eigenvalue weighted by molar-refractivity contribution is 8.17. The van der Waals surface area contributed by atoms with Crippen molar-refractivity contribution in [1.29, 1.82) is 0 Å². The quantitative estimate of drug-likeness (QED) is 0.0949. The molecule has 170 valence electrons. The van der Waals surface area contributed by atoms with Crippen LogP contribution in [0.15, 0.2) is 0 Å². The van der Waals surface area contributed by atoms with Gasteiger partial charge in [-0.3, -0.25) is 0 Å². The van der Waals surface area contributed by atoms with Gasteiger partial charge in [-0.05, 0) is 41.2 Å². The van der Waals surface area contributed by atoms with Crippen molar-refractivity contribution >= 4 is 79.9 Å². The summed E-state index contributed by atoms with van der Waals surface area (Å²) in [6.07, 6.45) is 0. The summed E-state index contributed by atoms with van der Waals surface area (Å²) >= 11 is 17.9. The van der Waals surface area contributed by atoms with Gasteiger partial charge in [0.1, 0.15) is 0 Å². The molecule has 9 nitrogen and oxygen atoms in total. The van der Waals surface area contributed by atoms with Crippen molar-refractivity contribution in [1.82, 2.24) is 0 Å². The second-order valence-electron chi connectivity index (χ2n) is 5.00. The molecule has 0 amide bonds. The highest BCUT2D eigenvalue weighted by atomic mass is 32.3. The van der Waals surface area contributed by atoms with Crippen LogP contribution in [0.4, 0.5) is 0 Å². The lowest BCUT2D eigenvalue weighted by atomic mass is 10.9. The molecule has 0 aliphatic rings. The molecule has 0 heterocycles. The Morgan fingerprint density at radius 2 is 0.929 bits per heavy atom. The van der Waals surface area contributed by atoms with E-state index in [1.807, 2.05) is 6.92 Å². The van der Waals surface area contributed by atoms with E-state index in [1.165, 1.54) is 0 Å². The van der Waals surface area contributed by atoms with Crippen LogP contribution >= 0.6 is 48.3 Å². The van der Waals surface area contributed by atoms with Crippen molar-refractivity contribution in [3.05, 3.63) is 0 Å². The van der Waals surface area contributed by atoms with Crippen LogP contribution in [-0.2, 0) is 39.5 Å². The van der Waals surface area contributed by atoms with Gasteiger partial charge >= 0.3 is 31.6 Å². The Kier molecular flexibility index (Phi) is 15.1. The molecule has 0 fully saturated rings. The second kappa shape index (κ2) is 14.1. The molecule has 0 aliphatic carbocycles. The van der Waals surface area contributed by atoms with Crippen LogP contribution < -0.4 is 0 Å². The summed E-state index contributed by atoms with van der Waals surface area (Å²) in [4.78, 5) is 4.98. The summed E-state index contributed by atoms with van der Waals surface area (Å²) in [5, 5.41) is 0. The first kappa shape index (κ1) is 29.9. The summed E-state index contributed by atoms with van der Waals surface area (Å²) in [5.74, 6) is 0. The number of thiol groups is 4. The van der Waals surface area contributed by atoms with Gasteiger partial charge in [0.15, 0.2) is 0 Å². The molecular weight excluding hydrogens is 517 g/mol. The van der Waals surface area contributed by atoms with Gasteiger partial charge in [-0.25, -0.2) is 9.46 Å². The van der Waals surface area contributed by atoms with Crippen LogP contribution in [0, 0.1) is 0 Å². The average molecular weight is 549 g/mol. The van der Waals surface area contributed by atoms with Crippen molar-refractivity contribution in [3.63, 3.8) is 0 Å². The van der Waals surface area contributed by atoms with Crippen LogP contribution in [0.3, 0.4) is 0 Å². The van der Waals surface area contributed by atoms with E-state index >= 15 is 0 Å². The molecule has 0 saturated carbocycles. The fourth-order valence-electron chi connectivity index (χ4n) is 1.77. The number of hydrogen-bond donors (Lipinski definition) is 4. The van der Waals surface area contributed by atoms with Gasteiger partial charge < -0.3 is 30.0 Å². The number of hydrogen-bond acceptors (Lipinski definition) is 13. The minimum atomic E-state index is -3.75. The monoisotopic (exact) mass is 548 g/mol. The first-order valence-corrected chi connectivity index (χ1v) is 21.4. The van der Waals surface area contributed by atoms with E-state index in [1.54, 1.807) is 34.2 Å². The predicted molar refractivity (Wildman–Crippen MR) is 127 cm³/mol. The van der Waals surface area contributed by atoms with E-state index in [-0.39, 0.29) is 26.4 Å². The summed E-state index contributed by atoms with van der Waals surface area (Å²) in [7, 11) is -13.8. The van der Waals surface area contributed by atoms with Crippen molar-refractivity contribution in [3.8, 4) is 0 Å². The lowest BCUT2D eigenvalue weighted by Gasteiger charge is -2.37. The smallest absolute Gasteiger partial charge is 0.388 e. The first-order valence-electron chi connectivity index (χ1n) is 8.79. The van der Waals surface area contributed by atoms with Crippen LogP contribution in [-0.4, -0.2) is 64.6 Å². The fraction of sp³-hybridized carbons (Fsp3) is 1.00. The Hall–Kier alpha value is 1.91. The van der Waals surface area contributed by atoms with Crippen LogP contribution in [0.1, 0.15) is 34.6 Å². The van der Waals surface area contributed by atoms with Crippen molar-refractivity contribution in [2.45, 2.75) is 41.2 Å². The molecule has 0 rings (SSSR count). The van der Waals surface area contributed by atoms with Gasteiger partial charge in [-0.1, -0.05) is 0 Å². The predicted octanol–water partition coefficient (Wildman–Crippen LogP) is 2.75. The standard InChI is InChI=1S/C11H32O9S4Si4/c1-7-12-17-26(22,14-9-3)19-28(24,16-11-5)20-27(23,15-10-4)18-25(6,21)13-8-2/h21-24H,7-11H2,1-6H3. The zero-order valence-electron chi connectivity index (χ0n) is 17.0. The van der Waals surface area contributed by atoms with E-state index in [0.29, 0.717) is 6.61 Å². The minimum absolute atomic E-state index is 0.236. The molecule has 0 aromatic rings. The molecule has 28 heavy (non-hydrogen) atoms. The Balaban J connectivity index is 5.61. The van der Waals surface area contributed by atoms with Crippen LogP contribution in [0.5, 0.6) is 0 Å². The SMILES string of the molecule is CCOO[Si](S)(OCC)O[Si](S)(OCC)O[Si](S)(OCC)O[Si](C)(S)OCC. The summed E-state index contributed by atoms with van der Waals surface area (Å²) in [6.45, 7) is 12.1. The second-order valence-corrected chi connectivity index (χ2v) is 21.1. The van der Waals surface area contributed by atoms with Gasteiger partial charge in [-0.15, -0.1) is 48.3 Å². The highest BCUT2D eigenvalue weighted by Gasteiger charge is 2.59. The zero-order valence-corrected chi connectivity index (χ0v) is 24.6. The minimum Gasteiger partial charge on any atom is -0.388 e. The maximum Gasteiger partial charge on any atom is 0.591 e. The maximum absolute atomic E-state index is 6.00. The molecule has 0 spiro atoms. The molecular formula is C11H32O9S4Si4. The third kappa shape index (κ3) is 12.1. The molecule has 0 N–H and O–H groups in total.